The number of aliphatic hydroxyl groups excluding tert-OH is 4. The Hall–Kier alpha value is -6.80. The predicted molar refractivity (Wildman–Crippen MR) is 226 cm³/mol. The number of amides is 7. The Labute approximate surface area is 371 Å². The fraction of sp³-hybridized carbons (Fsp3) is 0.500. The maximum Gasteiger partial charge on any atom is 0.410 e. The van der Waals surface area contributed by atoms with Crippen molar-refractivity contribution in [2.24, 2.45) is 5.92 Å². The molecule has 2 aromatic heterocycles. The molecule has 8 atom stereocenters. The van der Waals surface area contributed by atoms with Crippen LogP contribution in [0, 0.1) is 5.92 Å². The van der Waals surface area contributed by atoms with Crippen LogP contribution in [0.5, 0.6) is 0 Å². The highest BCUT2D eigenvalue weighted by atomic mass is 16.6. The van der Waals surface area contributed by atoms with Crippen molar-refractivity contribution in [1.29, 1.82) is 0 Å². The Kier molecular flexibility index (Phi) is 16.8. The Morgan fingerprint density at radius 3 is 2.31 bits per heavy atom. The van der Waals surface area contributed by atoms with E-state index in [0.717, 1.165) is 14.7 Å². The van der Waals surface area contributed by atoms with Crippen molar-refractivity contribution in [3.05, 3.63) is 54.6 Å². The summed E-state index contributed by atoms with van der Waals surface area (Å²) in [5.74, 6) is -3.62. The van der Waals surface area contributed by atoms with Gasteiger partial charge in [0.2, 0.25) is 35.4 Å². The molecule has 25 nitrogen and oxygen atoms in total. The Balaban J connectivity index is 1.01. The minimum atomic E-state index is -1.61. The van der Waals surface area contributed by atoms with Gasteiger partial charge in [0.1, 0.15) is 61.6 Å². The van der Waals surface area contributed by atoms with Crippen molar-refractivity contribution in [2.45, 2.75) is 82.7 Å². The molecule has 7 amide bonds. The first-order valence-electron chi connectivity index (χ1n) is 20.5. The fourth-order valence-electron chi connectivity index (χ4n) is 6.65. The Morgan fingerprint density at radius 1 is 0.923 bits per heavy atom. The van der Waals surface area contributed by atoms with Crippen LogP contribution >= 0.6 is 0 Å². The van der Waals surface area contributed by atoms with Gasteiger partial charge >= 0.3 is 6.09 Å². The molecular formula is C40H54N12O13. The molecule has 65 heavy (non-hydrogen) atoms. The number of imidazole rings is 1. The summed E-state index contributed by atoms with van der Waals surface area (Å²) in [7, 11) is 2.64. The molecule has 0 spiro atoms. The standard InChI is InChI=1S/C40H54N12O13/c1-20(2)30(47-25(54)12-13-52-27(56)10-11-28(52)57)38(62)45-21(3)37(61)46-23-8-6-22(7-9-23)17-64-40(63)51(5)15-29(58)50(4)14-26(55)48-31-24(16-53)65-39(34(60)33(31)59)49-36-32-35(42-18-41-32)43-19-44-36/h6-11,18-21,24,27,30-31,33-34,39,53,56,59-60H,12-17H2,1-5H3,(H,45,62)(H,46,61)(H,47,54)(H,48,55)(H2,41,42,43,44,49)/t21-,24-,27?,30-,31-,33+,34-,39-/m0/s1. The second-order valence-electron chi connectivity index (χ2n) is 15.7. The van der Waals surface area contributed by atoms with E-state index < -0.39 is 110 Å². The van der Waals surface area contributed by atoms with E-state index in [0.29, 0.717) is 22.4 Å². The number of ether oxygens (including phenoxy) is 2. The van der Waals surface area contributed by atoms with E-state index in [9.17, 15) is 54.0 Å². The molecule has 1 unspecified atom stereocenters. The smallest absolute Gasteiger partial charge is 0.410 e. The van der Waals surface area contributed by atoms with Crippen LogP contribution in [0.2, 0.25) is 0 Å². The molecule has 1 aromatic carbocycles. The normalized spacial score (nSPS) is 21.3. The summed E-state index contributed by atoms with van der Waals surface area (Å²) in [4.78, 5) is 107. The number of aromatic nitrogens is 4. The number of carbonyl (C=O) groups excluding carboxylic acids is 7. The van der Waals surface area contributed by atoms with Gasteiger partial charge in [0.25, 0.3) is 0 Å². The number of fused-ring (bicyclic) bond motifs is 1. The molecule has 3 aromatic rings. The molecule has 1 saturated heterocycles. The quantitative estimate of drug-likeness (QED) is 0.0577. The van der Waals surface area contributed by atoms with Crippen molar-refractivity contribution in [1.82, 2.24) is 50.6 Å². The molecule has 0 saturated carbocycles. The number of aliphatic hydroxyl groups is 4. The number of carbonyl (C=O) groups is 7. The third-order valence-corrected chi connectivity index (χ3v) is 10.4. The number of anilines is 2. The van der Waals surface area contributed by atoms with Crippen molar-refractivity contribution >= 4 is 64.2 Å². The summed E-state index contributed by atoms with van der Waals surface area (Å²) in [6.45, 7) is 3.02. The zero-order valence-electron chi connectivity index (χ0n) is 36.2. The second-order valence-corrected chi connectivity index (χ2v) is 15.7. The van der Waals surface area contributed by atoms with E-state index in [4.69, 9.17) is 9.47 Å². The maximum atomic E-state index is 13.0. The van der Waals surface area contributed by atoms with Crippen molar-refractivity contribution in [3.63, 3.8) is 0 Å². The summed E-state index contributed by atoms with van der Waals surface area (Å²) in [6, 6.07) is 3.01. The van der Waals surface area contributed by atoms with Crippen LogP contribution in [0.4, 0.5) is 16.3 Å². The lowest BCUT2D eigenvalue weighted by atomic mass is 9.95. The molecule has 4 heterocycles. The van der Waals surface area contributed by atoms with E-state index in [-0.39, 0.29) is 31.3 Å². The van der Waals surface area contributed by atoms with E-state index in [2.05, 4.69) is 46.5 Å². The first kappa shape index (κ1) is 49.2. The molecule has 2 aliphatic heterocycles. The highest BCUT2D eigenvalue weighted by molar-refractivity contribution is 5.98. The monoisotopic (exact) mass is 910 g/mol. The van der Waals surface area contributed by atoms with Gasteiger partial charge in [-0.1, -0.05) is 26.0 Å². The number of hydrogen-bond acceptors (Lipinski definition) is 17. The summed E-state index contributed by atoms with van der Waals surface area (Å²) in [5, 5.41) is 54.8. The van der Waals surface area contributed by atoms with Crippen molar-refractivity contribution < 1.29 is 63.5 Å². The maximum absolute atomic E-state index is 13.0. The highest BCUT2D eigenvalue weighted by Crippen LogP contribution is 2.25. The number of likely N-dealkylation sites (N-methyl/N-ethyl adjacent to an activating group) is 2. The molecule has 10 N–H and O–H groups in total. The molecule has 25 heteroatoms. The molecule has 5 rings (SSSR count). The molecule has 0 radical (unpaired) electrons. The van der Waals surface area contributed by atoms with Gasteiger partial charge in [-0.15, -0.1) is 0 Å². The third-order valence-electron chi connectivity index (χ3n) is 10.4. The molecular weight excluding hydrogens is 857 g/mol. The summed E-state index contributed by atoms with van der Waals surface area (Å²) < 4.78 is 11.1. The molecule has 0 bridgehead atoms. The molecule has 1 fully saturated rings. The number of rotatable bonds is 19. The number of benzene rings is 1. The van der Waals surface area contributed by atoms with Crippen LogP contribution in [0.1, 0.15) is 32.8 Å². The van der Waals surface area contributed by atoms with E-state index in [1.54, 1.807) is 38.1 Å². The van der Waals surface area contributed by atoms with Crippen LogP contribution in [-0.4, -0.2) is 186 Å². The number of hydrogen-bond donors (Lipinski definition) is 10. The van der Waals surface area contributed by atoms with Gasteiger partial charge in [-0.05, 0) is 36.6 Å². The van der Waals surface area contributed by atoms with Crippen LogP contribution in [0.3, 0.4) is 0 Å². The van der Waals surface area contributed by atoms with Gasteiger partial charge in [-0.25, -0.2) is 19.7 Å². The fourth-order valence-corrected chi connectivity index (χ4v) is 6.65. The zero-order chi connectivity index (χ0) is 47.5. The van der Waals surface area contributed by atoms with Gasteiger partial charge in [-0.2, -0.15) is 0 Å². The average Bonchev–Trinajstić information content (AvgIpc) is 3.89. The predicted octanol–water partition coefficient (Wildman–Crippen LogP) is -2.89. The number of H-pyrrole nitrogens is 1. The molecule has 0 aliphatic carbocycles. The van der Waals surface area contributed by atoms with E-state index in [1.165, 1.54) is 45.8 Å². The Bertz CT molecular complexity index is 2220. The minimum absolute atomic E-state index is 0.0515. The van der Waals surface area contributed by atoms with Crippen molar-refractivity contribution in [2.75, 3.05) is 51.0 Å². The van der Waals surface area contributed by atoms with Crippen LogP contribution in [-0.2, 0) is 44.8 Å². The lowest BCUT2D eigenvalue weighted by Crippen LogP contribution is -2.66. The van der Waals surface area contributed by atoms with Gasteiger partial charge < -0.3 is 76.2 Å². The van der Waals surface area contributed by atoms with Crippen LogP contribution < -0.4 is 26.6 Å². The van der Waals surface area contributed by atoms with Gasteiger partial charge in [-0.3, -0.25) is 28.8 Å². The molecule has 352 valence electrons. The van der Waals surface area contributed by atoms with Gasteiger partial charge in [0.05, 0.1) is 25.5 Å². The summed E-state index contributed by atoms with van der Waals surface area (Å²) in [5.41, 5.74) is 1.64. The summed E-state index contributed by atoms with van der Waals surface area (Å²) in [6.07, 6.45) is -2.63. The SMILES string of the molecule is CC(C)[C@H](NC(=O)CCN1C(=O)C=CC1O)C(=O)N[C@@H](C)C(=O)Nc1ccc(COC(=O)N(C)CC(=O)N(C)CC(=O)N[C@@H]2[C@@H](O)[C@H](O)[C@@H](Nc3ncnc4nc[nH]c34)O[C@H]2CO)cc1. The molecule has 2 aliphatic rings. The second kappa shape index (κ2) is 22.2. The average molecular weight is 911 g/mol. The van der Waals surface area contributed by atoms with Gasteiger partial charge in [0.15, 0.2) is 17.7 Å². The number of nitrogens with one attached hydrogen (secondary N) is 6. The first-order valence-corrected chi connectivity index (χ1v) is 20.5. The zero-order valence-corrected chi connectivity index (χ0v) is 36.2. The topological polar surface area (TPSA) is 343 Å². The Morgan fingerprint density at radius 2 is 1.65 bits per heavy atom. The third kappa shape index (κ3) is 12.9. The lowest BCUT2D eigenvalue weighted by Gasteiger charge is -2.42. The lowest BCUT2D eigenvalue weighted by molar-refractivity contribution is -0.185. The number of aromatic amines is 1. The van der Waals surface area contributed by atoms with Crippen molar-refractivity contribution in [3.8, 4) is 0 Å². The number of nitrogens with zero attached hydrogens (tertiary/aromatic N) is 6. The van der Waals surface area contributed by atoms with E-state index in [1.807, 2.05) is 0 Å². The van der Waals surface area contributed by atoms with Gasteiger partial charge in [0, 0.05) is 38.8 Å². The summed E-state index contributed by atoms with van der Waals surface area (Å²) >= 11 is 0. The van der Waals surface area contributed by atoms with Crippen LogP contribution in [0.25, 0.3) is 11.2 Å². The van der Waals surface area contributed by atoms with E-state index >= 15 is 0 Å². The largest absolute Gasteiger partial charge is 0.445 e. The van der Waals surface area contributed by atoms with Crippen LogP contribution in [0.15, 0.2) is 49.1 Å². The first-order chi connectivity index (χ1) is 30.9. The minimum Gasteiger partial charge on any atom is -0.445 e. The highest BCUT2D eigenvalue weighted by Gasteiger charge is 2.45.